The molecule has 3 N–H and O–H groups in total. The molecule has 7 nitrogen and oxygen atoms in total. The van der Waals surface area contributed by atoms with Gasteiger partial charge in [-0.25, -0.2) is 9.78 Å². The normalized spacial score (nSPS) is 10.3. The number of benzene rings is 3. The molecular formula is C25H22N4O3S. The number of aryl methyl sites for hydroxylation is 1. The number of thiazole rings is 1. The van der Waals surface area contributed by atoms with Gasteiger partial charge < -0.3 is 20.7 Å². The Hall–Kier alpha value is -4.17. The van der Waals surface area contributed by atoms with Crippen LogP contribution in [0.2, 0.25) is 0 Å². The van der Waals surface area contributed by atoms with Gasteiger partial charge in [0.1, 0.15) is 12.4 Å². The molecular weight excluding hydrogens is 436 g/mol. The Kier molecular flexibility index (Phi) is 6.96. The van der Waals surface area contributed by atoms with Gasteiger partial charge in [0.2, 0.25) is 0 Å². The smallest absolute Gasteiger partial charge is 0.323 e. The minimum Gasteiger partial charge on any atom is -0.487 e. The first-order valence-electron chi connectivity index (χ1n) is 10.2. The first kappa shape index (κ1) is 22.0. The number of rotatable bonds is 7. The summed E-state index contributed by atoms with van der Waals surface area (Å²) in [5, 5.41) is 11.3. The van der Waals surface area contributed by atoms with E-state index >= 15 is 0 Å². The number of para-hydroxylation sites is 1. The lowest BCUT2D eigenvalue weighted by molar-refractivity contribution is 0.102. The Morgan fingerprint density at radius 1 is 0.848 bits per heavy atom. The van der Waals surface area contributed by atoms with E-state index < -0.39 is 0 Å². The highest BCUT2D eigenvalue weighted by molar-refractivity contribution is 7.09. The van der Waals surface area contributed by atoms with Crippen LogP contribution in [0.25, 0.3) is 0 Å². The van der Waals surface area contributed by atoms with Gasteiger partial charge in [-0.2, -0.15) is 0 Å². The van der Waals surface area contributed by atoms with E-state index in [-0.39, 0.29) is 11.9 Å². The summed E-state index contributed by atoms with van der Waals surface area (Å²) in [5.41, 5.74) is 3.11. The fourth-order valence-corrected chi connectivity index (χ4v) is 3.65. The van der Waals surface area contributed by atoms with Gasteiger partial charge >= 0.3 is 6.03 Å². The number of aromatic nitrogens is 1. The van der Waals surface area contributed by atoms with Crippen molar-refractivity contribution in [1.82, 2.24) is 4.98 Å². The minimum absolute atomic E-state index is 0.282. The lowest BCUT2D eigenvalue weighted by Crippen LogP contribution is -2.19. The number of hydrogen-bond acceptors (Lipinski definition) is 5. The third-order valence-electron chi connectivity index (χ3n) is 4.56. The van der Waals surface area contributed by atoms with Gasteiger partial charge in [0.25, 0.3) is 5.91 Å². The van der Waals surface area contributed by atoms with Gasteiger partial charge in [-0.3, -0.25) is 4.79 Å². The Labute approximate surface area is 195 Å². The molecule has 0 fully saturated rings. The van der Waals surface area contributed by atoms with Crippen LogP contribution in [0.15, 0.2) is 84.2 Å². The fourth-order valence-electron chi connectivity index (χ4n) is 3.05. The quantitative estimate of drug-likeness (QED) is 0.320. The summed E-state index contributed by atoms with van der Waals surface area (Å²) in [6.07, 6.45) is 0. The zero-order chi connectivity index (χ0) is 23.0. The monoisotopic (exact) mass is 458 g/mol. The Bertz CT molecular complexity index is 1260. The molecule has 4 rings (SSSR count). The maximum Gasteiger partial charge on any atom is 0.323 e. The second kappa shape index (κ2) is 10.4. The van der Waals surface area contributed by atoms with Crippen LogP contribution in [0.4, 0.5) is 21.9 Å². The standard InChI is InChI=1S/C25H22N4O3S/c1-17-26-22(16-33-17)15-32-23-12-5-7-18(13-23)24(30)27-20-10-6-11-21(14-20)29-25(31)28-19-8-3-2-4-9-19/h2-14,16H,15H2,1H3,(H,27,30)(H2,28,29,31). The van der Waals surface area contributed by atoms with Crippen LogP contribution in [-0.4, -0.2) is 16.9 Å². The lowest BCUT2D eigenvalue weighted by atomic mass is 10.2. The van der Waals surface area contributed by atoms with E-state index in [1.54, 1.807) is 72.0 Å². The van der Waals surface area contributed by atoms with Crippen LogP contribution in [0.1, 0.15) is 21.1 Å². The predicted octanol–water partition coefficient (Wildman–Crippen LogP) is 5.93. The van der Waals surface area contributed by atoms with Crippen molar-refractivity contribution in [3.8, 4) is 5.75 Å². The van der Waals surface area contributed by atoms with Gasteiger partial charge in [-0.05, 0) is 55.5 Å². The van der Waals surface area contributed by atoms with Gasteiger partial charge in [0.15, 0.2) is 0 Å². The number of nitrogens with one attached hydrogen (secondary N) is 3. The molecule has 0 unspecified atom stereocenters. The van der Waals surface area contributed by atoms with Crippen LogP contribution in [0.3, 0.4) is 0 Å². The number of anilines is 3. The van der Waals surface area contributed by atoms with E-state index in [1.165, 1.54) is 0 Å². The zero-order valence-electron chi connectivity index (χ0n) is 17.9. The van der Waals surface area contributed by atoms with Crippen molar-refractivity contribution in [3.05, 3.63) is 101 Å². The summed E-state index contributed by atoms with van der Waals surface area (Å²) in [4.78, 5) is 29.3. The number of hydrogen-bond donors (Lipinski definition) is 3. The molecule has 0 radical (unpaired) electrons. The van der Waals surface area contributed by atoms with Gasteiger partial charge in [-0.15, -0.1) is 11.3 Å². The summed E-state index contributed by atoms with van der Waals surface area (Å²) < 4.78 is 5.77. The van der Waals surface area contributed by atoms with E-state index in [4.69, 9.17) is 4.74 Å². The molecule has 8 heteroatoms. The molecule has 0 aliphatic heterocycles. The van der Waals surface area contributed by atoms with Crippen LogP contribution in [0.5, 0.6) is 5.75 Å². The summed E-state index contributed by atoms with van der Waals surface area (Å²) in [6, 6.07) is 22.7. The summed E-state index contributed by atoms with van der Waals surface area (Å²) in [7, 11) is 0. The molecule has 166 valence electrons. The van der Waals surface area contributed by atoms with Gasteiger partial charge in [0.05, 0.1) is 10.7 Å². The fraction of sp³-hybridized carbons (Fsp3) is 0.0800. The molecule has 0 aliphatic rings. The maximum absolute atomic E-state index is 12.7. The van der Waals surface area contributed by atoms with Crippen molar-refractivity contribution in [2.45, 2.75) is 13.5 Å². The average Bonchev–Trinajstić information content (AvgIpc) is 3.24. The Morgan fingerprint density at radius 3 is 2.30 bits per heavy atom. The SMILES string of the molecule is Cc1nc(COc2cccc(C(=O)Nc3cccc(NC(=O)Nc4ccccc4)c3)c2)cs1. The maximum atomic E-state index is 12.7. The van der Waals surface area contributed by atoms with E-state index in [1.807, 2.05) is 30.5 Å². The summed E-state index contributed by atoms with van der Waals surface area (Å²) >= 11 is 1.57. The first-order valence-corrected chi connectivity index (χ1v) is 11.1. The topological polar surface area (TPSA) is 92.3 Å². The van der Waals surface area contributed by atoms with Crippen molar-refractivity contribution in [2.24, 2.45) is 0 Å². The molecule has 0 bridgehead atoms. The number of amides is 3. The number of carbonyl (C=O) groups excluding carboxylic acids is 2. The van der Waals surface area contributed by atoms with E-state index in [0.717, 1.165) is 10.7 Å². The van der Waals surface area contributed by atoms with Gasteiger partial charge in [-0.1, -0.05) is 30.3 Å². The van der Waals surface area contributed by atoms with Crippen LogP contribution >= 0.6 is 11.3 Å². The third-order valence-corrected chi connectivity index (χ3v) is 5.38. The highest BCUT2D eigenvalue weighted by Crippen LogP contribution is 2.20. The molecule has 1 aromatic heterocycles. The highest BCUT2D eigenvalue weighted by atomic mass is 32.1. The molecule has 4 aromatic rings. The molecule has 0 saturated carbocycles. The average molecular weight is 459 g/mol. The first-order chi connectivity index (χ1) is 16.0. The number of carbonyl (C=O) groups is 2. The second-order valence-electron chi connectivity index (χ2n) is 7.15. The molecule has 3 aromatic carbocycles. The van der Waals surface area contributed by atoms with E-state index in [0.29, 0.717) is 35.0 Å². The molecule has 1 heterocycles. The van der Waals surface area contributed by atoms with E-state index in [2.05, 4.69) is 20.9 Å². The van der Waals surface area contributed by atoms with Crippen LogP contribution < -0.4 is 20.7 Å². The zero-order valence-corrected chi connectivity index (χ0v) is 18.7. The minimum atomic E-state index is -0.371. The number of urea groups is 1. The van der Waals surface area contributed by atoms with Crippen LogP contribution in [0, 0.1) is 6.92 Å². The Balaban J connectivity index is 1.35. The van der Waals surface area contributed by atoms with Gasteiger partial charge in [0, 0.05) is 28.0 Å². The summed E-state index contributed by atoms with van der Waals surface area (Å²) in [5.74, 6) is 0.303. The lowest BCUT2D eigenvalue weighted by Gasteiger charge is -2.11. The molecule has 0 saturated heterocycles. The largest absolute Gasteiger partial charge is 0.487 e. The number of ether oxygens (including phenoxy) is 1. The van der Waals surface area contributed by atoms with E-state index in [9.17, 15) is 9.59 Å². The Morgan fingerprint density at radius 2 is 1.55 bits per heavy atom. The molecule has 33 heavy (non-hydrogen) atoms. The second-order valence-corrected chi connectivity index (χ2v) is 8.22. The molecule has 0 atom stereocenters. The number of nitrogens with zero attached hydrogens (tertiary/aromatic N) is 1. The third kappa shape index (κ3) is 6.41. The summed E-state index contributed by atoms with van der Waals surface area (Å²) in [6.45, 7) is 2.29. The predicted molar refractivity (Wildman–Crippen MR) is 131 cm³/mol. The van der Waals surface area contributed by atoms with Crippen LogP contribution in [-0.2, 0) is 6.61 Å². The van der Waals surface area contributed by atoms with Crippen molar-refractivity contribution < 1.29 is 14.3 Å². The van der Waals surface area contributed by atoms with Crippen molar-refractivity contribution in [1.29, 1.82) is 0 Å². The highest BCUT2D eigenvalue weighted by Gasteiger charge is 2.09. The van der Waals surface area contributed by atoms with Crippen molar-refractivity contribution in [2.75, 3.05) is 16.0 Å². The molecule has 3 amide bonds. The molecule has 0 aliphatic carbocycles. The van der Waals surface area contributed by atoms with Crippen molar-refractivity contribution in [3.63, 3.8) is 0 Å². The molecule has 0 spiro atoms. The van der Waals surface area contributed by atoms with Crippen molar-refractivity contribution >= 4 is 40.3 Å².